The Morgan fingerprint density at radius 2 is 0.766 bits per heavy atom. The van der Waals surface area contributed by atoms with Crippen LogP contribution < -0.4 is 0 Å². The fourth-order valence-corrected chi connectivity index (χ4v) is 13.4. The molecule has 0 heterocycles. The zero-order chi connectivity index (χ0) is 49.1. The highest BCUT2D eigenvalue weighted by atomic mass is 14.4. The first kappa shape index (κ1) is 62.0. The summed E-state index contributed by atoms with van der Waals surface area (Å²) in [5.41, 5.74) is 3.37. The van der Waals surface area contributed by atoms with Crippen molar-refractivity contribution in [2.75, 3.05) is 0 Å². The lowest BCUT2D eigenvalue weighted by Gasteiger charge is -2.22. The smallest absolute Gasteiger partial charge is 0.0328 e. The topological polar surface area (TPSA) is 0 Å². The van der Waals surface area contributed by atoms with Crippen molar-refractivity contribution in [2.45, 2.75) is 313 Å². The Kier molecular flexibility index (Phi) is 28.3. The van der Waals surface area contributed by atoms with Gasteiger partial charge in [0.2, 0.25) is 0 Å². The molecule has 0 spiro atoms. The first-order valence-corrected chi connectivity index (χ1v) is 29.5. The van der Waals surface area contributed by atoms with E-state index in [1.165, 1.54) is 161 Å². The van der Waals surface area contributed by atoms with Gasteiger partial charge in [0.1, 0.15) is 0 Å². The molecule has 0 amide bonds. The maximum Gasteiger partial charge on any atom is -0.0328 e. The summed E-state index contributed by atoms with van der Waals surface area (Å²) >= 11 is 0. The zero-order valence-corrected chi connectivity index (χ0v) is 49.1. The highest BCUT2D eigenvalue weighted by Gasteiger charge is 2.32. The second-order valence-electron chi connectivity index (χ2n) is 29.0. The third-order valence-corrected chi connectivity index (χ3v) is 20.6. The first-order valence-electron chi connectivity index (χ1n) is 29.5. The van der Waals surface area contributed by atoms with E-state index in [0.29, 0.717) is 21.7 Å². The second kappa shape index (κ2) is 29.2. The molecular weight excluding hydrogens is 769 g/mol. The largest absolute Gasteiger partial charge is 0.0651 e. The Hall–Kier alpha value is 0. The van der Waals surface area contributed by atoms with Crippen LogP contribution in [0, 0.1) is 98.1 Å². The Morgan fingerprint density at radius 3 is 0.891 bits per heavy atom. The SMILES string of the molecule is CC1CC(C)C(C)C1.CC1CCC(C)(C)C1.CC1CCC(C)C1C.CC1CCCC1(C)C.CCC1(C)CCCC1.CCC1CCCC1C.C[C@H]1CCC(C)(C)C1.C[C@H]1CCCC1(C)C. The molecule has 0 nitrogen and oxygen atoms in total. The minimum absolute atomic E-state index is 0.653. The molecule has 8 aliphatic rings. The fourth-order valence-electron chi connectivity index (χ4n) is 13.4. The summed E-state index contributed by atoms with van der Waals surface area (Å²) in [4.78, 5) is 0. The predicted octanol–water partition coefficient (Wildman–Crippen LogP) is 22.5. The summed E-state index contributed by atoms with van der Waals surface area (Å²) in [5, 5.41) is 0. The lowest BCUT2D eigenvalue weighted by Crippen LogP contribution is -2.13. The van der Waals surface area contributed by atoms with Crippen LogP contribution in [0.15, 0.2) is 0 Å². The van der Waals surface area contributed by atoms with E-state index >= 15 is 0 Å². The molecule has 0 bridgehead atoms. The van der Waals surface area contributed by atoms with E-state index in [4.69, 9.17) is 0 Å². The van der Waals surface area contributed by atoms with Crippen LogP contribution in [0.1, 0.15) is 313 Å². The van der Waals surface area contributed by atoms with Gasteiger partial charge in [0.25, 0.3) is 0 Å². The molecule has 8 saturated carbocycles. The molecule has 0 N–H and O–H groups in total. The predicted molar refractivity (Wildman–Crippen MR) is 294 cm³/mol. The fraction of sp³-hybridized carbons (Fsp3) is 1.00. The van der Waals surface area contributed by atoms with Gasteiger partial charge in [-0.3, -0.25) is 0 Å². The van der Waals surface area contributed by atoms with E-state index in [2.05, 4.69) is 152 Å². The van der Waals surface area contributed by atoms with E-state index in [1.807, 2.05) is 0 Å². The van der Waals surface area contributed by atoms with Gasteiger partial charge in [0, 0.05) is 0 Å². The molecule has 8 aliphatic carbocycles. The van der Waals surface area contributed by atoms with E-state index < -0.39 is 0 Å². The van der Waals surface area contributed by atoms with Crippen molar-refractivity contribution in [2.24, 2.45) is 98.1 Å². The average molecular weight is 898 g/mol. The van der Waals surface area contributed by atoms with E-state index in [1.54, 1.807) is 0 Å². The highest BCUT2D eigenvalue weighted by Crippen LogP contribution is 2.44. The van der Waals surface area contributed by atoms with Gasteiger partial charge in [-0.2, -0.15) is 0 Å². The molecule has 384 valence electrons. The Morgan fingerprint density at radius 1 is 0.359 bits per heavy atom. The van der Waals surface area contributed by atoms with Gasteiger partial charge < -0.3 is 0 Å². The van der Waals surface area contributed by atoms with Crippen LogP contribution in [0.2, 0.25) is 0 Å². The monoisotopic (exact) mass is 897 g/mol. The van der Waals surface area contributed by atoms with Crippen molar-refractivity contribution >= 4 is 0 Å². The van der Waals surface area contributed by atoms with Crippen molar-refractivity contribution in [3.63, 3.8) is 0 Å². The maximum absolute atomic E-state index is 2.42. The number of hydrogen-bond acceptors (Lipinski definition) is 0. The summed E-state index contributed by atoms with van der Waals surface area (Å²) in [6.07, 6.45) is 36.3. The van der Waals surface area contributed by atoms with Gasteiger partial charge in [-0.05, 0) is 162 Å². The van der Waals surface area contributed by atoms with Gasteiger partial charge in [0.15, 0.2) is 0 Å². The van der Waals surface area contributed by atoms with Crippen LogP contribution in [0.25, 0.3) is 0 Å². The van der Waals surface area contributed by atoms with Crippen molar-refractivity contribution in [1.29, 1.82) is 0 Å². The van der Waals surface area contributed by atoms with Crippen molar-refractivity contribution in [3.05, 3.63) is 0 Å². The van der Waals surface area contributed by atoms with Crippen LogP contribution >= 0.6 is 0 Å². The van der Waals surface area contributed by atoms with Gasteiger partial charge in [-0.25, -0.2) is 0 Å². The van der Waals surface area contributed by atoms with Crippen molar-refractivity contribution in [3.8, 4) is 0 Å². The lowest BCUT2D eigenvalue weighted by atomic mass is 9.83. The molecular formula is C64H128. The molecule has 64 heavy (non-hydrogen) atoms. The minimum Gasteiger partial charge on any atom is -0.0651 e. The molecule has 0 aromatic heterocycles. The molecule has 0 saturated heterocycles. The minimum atomic E-state index is 0.653. The third-order valence-electron chi connectivity index (χ3n) is 20.6. The van der Waals surface area contributed by atoms with E-state index in [-0.39, 0.29) is 0 Å². The average Bonchev–Trinajstić information content (AvgIpc) is 4.11. The van der Waals surface area contributed by atoms with Crippen molar-refractivity contribution in [1.82, 2.24) is 0 Å². The molecule has 10 atom stereocenters. The molecule has 8 rings (SSSR count). The normalized spacial score (nSPS) is 37.8. The van der Waals surface area contributed by atoms with Crippen LogP contribution in [-0.4, -0.2) is 0 Å². The summed E-state index contributed by atoms with van der Waals surface area (Å²) in [5.74, 6) is 11.9. The van der Waals surface area contributed by atoms with E-state index in [0.717, 1.165) is 76.4 Å². The van der Waals surface area contributed by atoms with Gasteiger partial charge >= 0.3 is 0 Å². The molecule has 8 fully saturated rings. The molecule has 0 heteroatoms. The first-order chi connectivity index (χ1) is 29.5. The van der Waals surface area contributed by atoms with E-state index in [9.17, 15) is 0 Å². The standard InChI is InChI=1S/8C8H16/c1-6-4-7(2)8(3)5-6;2*1-7-4-5-8(2,3)6-7;2*1-7-5-4-6-8(7,2)3;1-6-4-5-7(2)8(6)3;1-3-8(2)6-4-5-7-8;1-3-8-6-4-5-7(8)2/h6-8H,4-5H2,1-3H3;4*7H,4-6H2,1-3H3;6-8H,4-5H2,1-3H3;3-7H2,1-2H3;7-8H,3-6H2,1-2H3/t;7-;;7-;;;;/m.0.0..../s1. The Bertz CT molecular complexity index is 1080. The molecule has 8 unspecified atom stereocenters. The molecule has 0 aromatic carbocycles. The van der Waals surface area contributed by atoms with Gasteiger partial charge in [-0.1, -0.05) is 249 Å². The maximum atomic E-state index is 2.42. The molecule has 0 aromatic rings. The molecule has 0 aliphatic heterocycles. The van der Waals surface area contributed by atoms with Crippen LogP contribution in [0.3, 0.4) is 0 Å². The number of hydrogen-bond donors (Lipinski definition) is 0. The highest BCUT2D eigenvalue weighted by molar-refractivity contribution is 4.84. The lowest BCUT2D eigenvalue weighted by molar-refractivity contribution is 0.281. The van der Waals surface area contributed by atoms with Crippen LogP contribution in [0.4, 0.5) is 0 Å². The Balaban J connectivity index is 0.000000366. The van der Waals surface area contributed by atoms with Crippen LogP contribution in [0.5, 0.6) is 0 Å². The zero-order valence-electron chi connectivity index (χ0n) is 49.1. The van der Waals surface area contributed by atoms with Crippen LogP contribution in [-0.2, 0) is 0 Å². The summed E-state index contributed by atoms with van der Waals surface area (Å²) in [6.45, 7) is 52.1. The second-order valence-corrected chi connectivity index (χ2v) is 29.0. The number of rotatable bonds is 2. The Labute approximate surface area is 409 Å². The quantitative estimate of drug-likeness (QED) is 0.259. The van der Waals surface area contributed by atoms with Gasteiger partial charge in [0.05, 0.1) is 0 Å². The van der Waals surface area contributed by atoms with Crippen molar-refractivity contribution < 1.29 is 0 Å². The third kappa shape index (κ3) is 24.5. The summed E-state index contributed by atoms with van der Waals surface area (Å²) in [6, 6.07) is 0. The summed E-state index contributed by atoms with van der Waals surface area (Å²) < 4.78 is 0. The summed E-state index contributed by atoms with van der Waals surface area (Å²) in [7, 11) is 0. The van der Waals surface area contributed by atoms with Gasteiger partial charge in [-0.15, -0.1) is 0 Å². The molecule has 0 radical (unpaired) electrons.